The summed E-state index contributed by atoms with van der Waals surface area (Å²) in [5, 5.41) is 7.95. The molecule has 0 radical (unpaired) electrons. The van der Waals surface area contributed by atoms with Crippen LogP contribution in [0.15, 0.2) is 77.9 Å². The van der Waals surface area contributed by atoms with Crippen molar-refractivity contribution in [3.63, 3.8) is 0 Å². The van der Waals surface area contributed by atoms with Crippen molar-refractivity contribution in [2.75, 3.05) is 18.9 Å². The second kappa shape index (κ2) is 11.1. The minimum absolute atomic E-state index is 0.0465. The van der Waals surface area contributed by atoms with Crippen molar-refractivity contribution >= 4 is 34.9 Å². The van der Waals surface area contributed by atoms with E-state index in [4.69, 9.17) is 33.7 Å². The van der Waals surface area contributed by atoms with Crippen molar-refractivity contribution in [1.82, 2.24) is 19.7 Å². The Kier molecular flexibility index (Phi) is 7.74. The van der Waals surface area contributed by atoms with Crippen LogP contribution in [0.2, 0.25) is 10.0 Å². The van der Waals surface area contributed by atoms with Gasteiger partial charge < -0.3 is 20.4 Å². The molecule has 0 saturated carbocycles. The van der Waals surface area contributed by atoms with Crippen LogP contribution >= 0.6 is 23.2 Å². The highest BCUT2D eigenvalue weighted by atomic mass is 35.5. The van der Waals surface area contributed by atoms with E-state index in [1.54, 1.807) is 45.9 Å². The number of aromatic nitrogens is 3. The summed E-state index contributed by atoms with van der Waals surface area (Å²) in [7, 11) is 0. The maximum absolute atomic E-state index is 12.5. The average molecular weight is 512 g/mol. The largest absolute Gasteiger partial charge is 0.492 e. The number of pyridine rings is 1. The van der Waals surface area contributed by atoms with Gasteiger partial charge in [0.15, 0.2) is 5.82 Å². The van der Waals surface area contributed by atoms with Gasteiger partial charge in [-0.05, 0) is 35.4 Å². The van der Waals surface area contributed by atoms with Crippen LogP contribution in [0.5, 0.6) is 5.75 Å². The number of nitrogens with two attached hydrogens (primary N) is 1. The number of halogens is 2. The van der Waals surface area contributed by atoms with Crippen molar-refractivity contribution in [2.24, 2.45) is 0 Å². The molecule has 0 atom stereocenters. The highest BCUT2D eigenvalue weighted by Crippen LogP contribution is 2.24. The highest BCUT2D eigenvalue weighted by molar-refractivity contribution is 6.34. The van der Waals surface area contributed by atoms with Crippen molar-refractivity contribution in [3.8, 4) is 5.75 Å². The van der Waals surface area contributed by atoms with Crippen LogP contribution in [-0.4, -0.2) is 33.4 Å². The number of carbonyl (C=O) groups is 1. The van der Waals surface area contributed by atoms with E-state index in [0.29, 0.717) is 28.9 Å². The molecule has 0 aliphatic carbocycles. The van der Waals surface area contributed by atoms with Gasteiger partial charge in [-0.1, -0.05) is 53.5 Å². The smallest absolute Gasteiger partial charge is 0.256 e. The monoisotopic (exact) mass is 511 g/mol. The van der Waals surface area contributed by atoms with Gasteiger partial charge in [-0.15, -0.1) is 0 Å². The lowest BCUT2D eigenvalue weighted by Gasteiger charge is -2.08. The molecule has 0 fully saturated rings. The first kappa shape index (κ1) is 24.4. The van der Waals surface area contributed by atoms with Crippen molar-refractivity contribution in [1.29, 1.82) is 0 Å². The summed E-state index contributed by atoms with van der Waals surface area (Å²) in [6.45, 7) is 1.44. The van der Waals surface area contributed by atoms with Crippen LogP contribution in [0.1, 0.15) is 21.5 Å². The molecule has 35 heavy (non-hydrogen) atoms. The van der Waals surface area contributed by atoms with E-state index in [1.165, 1.54) is 6.07 Å². The number of benzene rings is 2. The minimum Gasteiger partial charge on any atom is -0.492 e. The van der Waals surface area contributed by atoms with E-state index in [-0.39, 0.29) is 36.0 Å². The maximum atomic E-state index is 12.5. The summed E-state index contributed by atoms with van der Waals surface area (Å²) < 4.78 is 8.83. The Hall–Kier alpha value is -3.75. The number of carbonyl (C=O) groups excluding carboxylic acids is 1. The van der Waals surface area contributed by atoms with E-state index < -0.39 is 0 Å². The zero-order valence-electron chi connectivity index (χ0n) is 18.7. The molecular weight excluding hydrogens is 489 g/mol. The predicted molar refractivity (Wildman–Crippen MR) is 136 cm³/mol. The minimum atomic E-state index is -0.342. The summed E-state index contributed by atoms with van der Waals surface area (Å²) in [5.41, 5.74) is 8.19. The third kappa shape index (κ3) is 6.65. The third-order valence-electron chi connectivity index (χ3n) is 5.15. The van der Waals surface area contributed by atoms with E-state index in [9.17, 15) is 9.59 Å². The Morgan fingerprint density at radius 1 is 1.00 bits per heavy atom. The topological polar surface area (TPSA) is 104 Å². The zero-order chi connectivity index (χ0) is 24.8. The molecule has 8 nitrogen and oxygen atoms in total. The van der Waals surface area contributed by atoms with E-state index >= 15 is 0 Å². The number of anilines is 1. The summed E-state index contributed by atoms with van der Waals surface area (Å²) in [4.78, 5) is 24.4. The normalized spacial score (nSPS) is 10.8. The van der Waals surface area contributed by atoms with Crippen LogP contribution in [0, 0.1) is 0 Å². The number of rotatable bonds is 9. The fraction of sp³-hybridized carbons (Fsp3) is 0.160. The molecule has 0 bridgehead atoms. The van der Waals surface area contributed by atoms with Crippen LogP contribution in [0.4, 0.5) is 5.82 Å². The lowest BCUT2D eigenvalue weighted by Crippen LogP contribution is -2.28. The van der Waals surface area contributed by atoms with Gasteiger partial charge in [-0.3, -0.25) is 14.3 Å². The Bertz CT molecular complexity index is 1360. The summed E-state index contributed by atoms with van der Waals surface area (Å²) >= 11 is 11.9. The van der Waals surface area contributed by atoms with Gasteiger partial charge in [-0.2, -0.15) is 5.10 Å². The molecule has 2 heterocycles. The number of amides is 1. The molecule has 0 aliphatic heterocycles. The Labute approximate surface area is 211 Å². The van der Waals surface area contributed by atoms with Crippen LogP contribution in [0.25, 0.3) is 0 Å². The molecule has 4 rings (SSSR count). The fourth-order valence-electron chi connectivity index (χ4n) is 3.46. The molecule has 2 aromatic carbocycles. The third-order valence-corrected chi connectivity index (χ3v) is 5.58. The van der Waals surface area contributed by atoms with E-state index in [2.05, 4.69) is 10.4 Å². The number of nitrogens with one attached hydrogen (secondary N) is 1. The number of ether oxygens (including phenoxy) is 1. The Balaban J connectivity index is 1.30. The number of hydrogen-bond donors (Lipinski definition) is 2. The standard InChI is InChI=1S/C25H23Cl2N5O3/c26-19-11-20(27)13-21(12-19)35-10-8-29-25(34)22-16-32(30-24(22)28)15-18-6-4-17(5-7-18)14-31-9-2-1-3-23(31)33/h1-7,9,11-13,16H,8,10,14-15H2,(H2,28,30)(H,29,34). The average Bonchev–Trinajstić information content (AvgIpc) is 3.19. The van der Waals surface area contributed by atoms with Crippen molar-refractivity contribution in [2.45, 2.75) is 13.1 Å². The van der Waals surface area contributed by atoms with Crippen molar-refractivity contribution in [3.05, 3.63) is 110 Å². The van der Waals surface area contributed by atoms with Gasteiger partial charge in [0.2, 0.25) is 0 Å². The fourth-order valence-corrected chi connectivity index (χ4v) is 3.96. The van der Waals surface area contributed by atoms with Gasteiger partial charge in [0.05, 0.1) is 19.6 Å². The first-order valence-corrected chi connectivity index (χ1v) is 11.6. The first-order chi connectivity index (χ1) is 16.9. The molecule has 10 heteroatoms. The Morgan fingerprint density at radius 3 is 2.37 bits per heavy atom. The molecule has 4 aromatic rings. The molecular formula is C25H23Cl2N5O3. The second-order valence-electron chi connectivity index (χ2n) is 7.82. The number of nitrogens with zero attached hydrogens (tertiary/aromatic N) is 3. The quantitative estimate of drug-likeness (QED) is 0.332. The summed E-state index contributed by atoms with van der Waals surface area (Å²) in [6.07, 6.45) is 3.37. The molecule has 0 saturated heterocycles. The lowest BCUT2D eigenvalue weighted by molar-refractivity contribution is 0.0947. The lowest BCUT2D eigenvalue weighted by atomic mass is 10.1. The van der Waals surface area contributed by atoms with E-state index in [0.717, 1.165) is 11.1 Å². The zero-order valence-corrected chi connectivity index (χ0v) is 20.2. The summed E-state index contributed by atoms with van der Waals surface area (Å²) in [6, 6.07) is 17.8. The maximum Gasteiger partial charge on any atom is 0.256 e. The molecule has 2 aromatic heterocycles. The Morgan fingerprint density at radius 2 is 1.69 bits per heavy atom. The van der Waals surface area contributed by atoms with Gasteiger partial charge in [0, 0.05) is 28.5 Å². The molecule has 180 valence electrons. The molecule has 0 unspecified atom stereocenters. The first-order valence-electron chi connectivity index (χ1n) is 10.8. The van der Waals surface area contributed by atoms with Crippen LogP contribution < -0.4 is 21.3 Å². The molecule has 1 amide bonds. The van der Waals surface area contributed by atoms with Gasteiger partial charge in [-0.25, -0.2) is 0 Å². The molecule has 0 aliphatic rings. The van der Waals surface area contributed by atoms with Gasteiger partial charge in [0.1, 0.15) is 17.9 Å². The van der Waals surface area contributed by atoms with Gasteiger partial charge >= 0.3 is 0 Å². The predicted octanol–water partition coefficient (Wildman–Crippen LogP) is 3.84. The molecule has 3 N–H and O–H groups in total. The van der Waals surface area contributed by atoms with Gasteiger partial charge in [0.25, 0.3) is 11.5 Å². The van der Waals surface area contributed by atoms with Crippen LogP contribution in [-0.2, 0) is 13.1 Å². The SMILES string of the molecule is Nc1nn(Cc2ccc(Cn3ccccc3=O)cc2)cc1C(=O)NCCOc1cc(Cl)cc(Cl)c1. The van der Waals surface area contributed by atoms with Crippen LogP contribution in [0.3, 0.4) is 0 Å². The summed E-state index contributed by atoms with van der Waals surface area (Å²) in [5.74, 6) is 0.321. The molecule has 0 spiro atoms. The van der Waals surface area contributed by atoms with Crippen molar-refractivity contribution < 1.29 is 9.53 Å². The number of hydrogen-bond acceptors (Lipinski definition) is 5. The number of nitrogen functional groups attached to an aromatic ring is 1. The highest BCUT2D eigenvalue weighted by Gasteiger charge is 2.14. The van der Waals surface area contributed by atoms with E-state index in [1.807, 2.05) is 30.3 Å². The second-order valence-corrected chi connectivity index (χ2v) is 8.69.